The highest BCUT2D eigenvalue weighted by molar-refractivity contribution is 7.15. The third-order valence-corrected chi connectivity index (χ3v) is 5.67. The van der Waals surface area contributed by atoms with Crippen LogP contribution in [0.5, 0.6) is 0 Å². The molecule has 1 aromatic heterocycles. The minimum Gasteiger partial charge on any atom is -0.288 e. The Morgan fingerprint density at radius 3 is 2.16 bits per heavy atom. The molecule has 0 radical (unpaired) electrons. The van der Waals surface area contributed by atoms with Crippen LogP contribution in [0.25, 0.3) is 11.1 Å². The van der Waals surface area contributed by atoms with Crippen molar-refractivity contribution in [3.05, 3.63) is 75.7 Å². The summed E-state index contributed by atoms with van der Waals surface area (Å²) in [6.07, 6.45) is 0. The zero-order valence-corrected chi connectivity index (χ0v) is 14.0. The van der Waals surface area contributed by atoms with E-state index >= 15 is 0 Å². The average molecular weight is 345 g/mol. The molecule has 2 aromatic carbocycles. The Labute approximate surface area is 147 Å². The van der Waals surface area contributed by atoms with Crippen molar-refractivity contribution in [3.8, 4) is 11.1 Å². The lowest BCUT2D eigenvalue weighted by Gasteiger charge is -2.12. The summed E-state index contributed by atoms with van der Waals surface area (Å²) in [7, 11) is 0. The summed E-state index contributed by atoms with van der Waals surface area (Å²) in [4.78, 5) is 39.5. The Hall–Kier alpha value is -3.05. The highest BCUT2D eigenvalue weighted by atomic mass is 32.1. The number of carbonyl (C=O) groups is 3. The Morgan fingerprint density at radius 2 is 1.48 bits per heavy atom. The molecular formula is C20H11NO3S. The maximum atomic E-state index is 12.9. The summed E-state index contributed by atoms with van der Waals surface area (Å²) in [6, 6.07) is 12.4. The molecule has 0 bridgehead atoms. The second-order valence-corrected chi connectivity index (χ2v) is 7.06. The maximum Gasteiger partial charge on any atom is 0.266 e. The van der Waals surface area contributed by atoms with E-state index in [1.807, 2.05) is 30.5 Å². The number of rotatable bonds is 1. The molecule has 0 saturated carbocycles. The number of amides is 2. The number of fused-ring (bicyclic) bond motifs is 4. The largest absolute Gasteiger partial charge is 0.288 e. The fourth-order valence-corrected chi connectivity index (χ4v) is 4.58. The van der Waals surface area contributed by atoms with E-state index in [-0.39, 0.29) is 17.6 Å². The predicted molar refractivity (Wildman–Crippen MR) is 95.5 cm³/mol. The van der Waals surface area contributed by atoms with Gasteiger partial charge in [-0.1, -0.05) is 35.9 Å². The van der Waals surface area contributed by atoms with Crippen LogP contribution in [0.3, 0.4) is 0 Å². The van der Waals surface area contributed by atoms with Gasteiger partial charge in [-0.25, -0.2) is 4.90 Å². The molecule has 0 unspecified atom stereocenters. The second kappa shape index (κ2) is 4.74. The summed E-state index contributed by atoms with van der Waals surface area (Å²) in [6.45, 7) is 1.97. The van der Waals surface area contributed by atoms with E-state index in [2.05, 4.69) is 0 Å². The molecule has 0 saturated heterocycles. The lowest BCUT2D eigenvalue weighted by Crippen LogP contribution is -2.29. The number of nitrogens with zero attached hydrogens (tertiary/aromatic N) is 1. The lowest BCUT2D eigenvalue weighted by molar-refractivity contribution is 0.0927. The molecule has 3 aromatic rings. The van der Waals surface area contributed by atoms with E-state index in [1.165, 1.54) is 11.3 Å². The van der Waals surface area contributed by atoms with Gasteiger partial charge in [0.2, 0.25) is 0 Å². The summed E-state index contributed by atoms with van der Waals surface area (Å²) in [5.74, 6) is -0.867. The Kier molecular flexibility index (Phi) is 2.71. The molecule has 1 aliphatic carbocycles. The van der Waals surface area contributed by atoms with Gasteiger partial charge in [-0.05, 0) is 24.6 Å². The Bertz CT molecular complexity index is 1090. The quantitative estimate of drug-likeness (QED) is 0.489. The van der Waals surface area contributed by atoms with Crippen LogP contribution in [-0.4, -0.2) is 17.6 Å². The predicted octanol–water partition coefficient (Wildman–Crippen LogP) is 4.07. The van der Waals surface area contributed by atoms with E-state index in [1.54, 1.807) is 24.3 Å². The highest BCUT2D eigenvalue weighted by Gasteiger charge is 2.41. The van der Waals surface area contributed by atoms with Gasteiger partial charge in [-0.3, -0.25) is 14.4 Å². The molecule has 1 aliphatic heterocycles. The van der Waals surface area contributed by atoms with Gasteiger partial charge < -0.3 is 0 Å². The van der Waals surface area contributed by atoms with Gasteiger partial charge >= 0.3 is 0 Å². The first-order valence-corrected chi connectivity index (χ1v) is 8.71. The Morgan fingerprint density at radius 1 is 0.800 bits per heavy atom. The number of carbonyl (C=O) groups excluding carboxylic acids is 3. The van der Waals surface area contributed by atoms with Crippen molar-refractivity contribution < 1.29 is 14.4 Å². The van der Waals surface area contributed by atoms with Crippen LogP contribution in [-0.2, 0) is 0 Å². The zero-order valence-electron chi connectivity index (χ0n) is 13.2. The molecule has 0 spiro atoms. The van der Waals surface area contributed by atoms with E-state index in [0.717, 1.165) is 21.6 Å². The van der Waals surface area contributed by atoms with Crippen LogP contribution in [0.15, 0.2) is 47.8 Å². The summed E-state index contributed by atoms with van der Waals surface area (Å²) in [5, 5.41) is 2.28. The van der Waals surface area contributed by atoms with Crippen molar-refractivity contribution in [2.75, 3.05) is 4.90 Å². The number of aryl methyl sites for hydroxylation is 1. The van der Waals surface area contributed by atoms with Crippen LogP contribution >= 0.6 is 11.3 Å². The van der Waals surface area contributed by atoms with Gasteiger partial charge in [0.1, 0.15) is 5.00 Å². The molecule has 0 fully saturated rings. The van der Waals surface area contributed by atoms with Crippen molar-refractivity contribution in [3.63, 3.8) is 0 Å². The van der Waals surface area contributed by atoms with Crippen LogP contribution in [0.4, 0.5) is 5.00 Å². The standard InChI is InChI=1S/C20H11NO3S/c1-10-6-7-11-14(8-10)15-9-25-20(16(15)17(11)22)21-18(23)12-4-2-3-5-13(12)19(21)24/h2-9H,1H3. The van der Waals surface area contributed by atoms with Crippen LogP contribution < -0.4 is 4.90 Å². The summed E-state index contributed by atoms with van der Waals surface area (Å²) in [5.41, 5.74) is 4.59. The van der Waals surface area contributed by atoms with Gasteiger partial charge in [0.25, 0.3) is 11.8 Å². The number of ketones is 1. The average Bonchev–Trinajstić information content (AvgIpc) is 3.22. The topological polar surface area (TPSA) is 54.5 Å². The second-order valence-electron chi connectivity index (χ2n) is 6.20. The van der Waals surface area contributed by atoms with Crippen molar-refractivity contribution in [2.24, 2.45) is 0 Å². The smallest absolute Gasteiger partial charge is 0.266 e. The molecular weight excluding hydrogens is 334 g/mol. The van der Waals surface area contributed by atoms with Gasteiger partial charge in [0, 0.05) is 16.5 Å². The summed E-state index contributed by atoms with van der Waals surface area (Å²) < 4.78 is 0. The van der Waals surface area contributed by atoms with Crippen LogP contribution in [0, 0.1) is 6.92 Å². The molecule has 25 heavy (non-hydrogen) atoms. The number of hydrogen-bond acceptors (Lipinski definition) is 4. The first-order chi connectivity index (χ1) is 12.1. The van der Waals surface area contributed by atoms with E-state index in [9.17, 15) is 14.4 Å². The third-order valence-electron chi connectivity index (χ3n) is 4.71. The maximum absolute atomic E-state index is 12.9. The van der Waals surface area contributed by atoms with Gasteiger partial charge in [-0.2, -0.15) is 0 Å². The molecule has 2 amide bonds. The van der Waals surface area contributed by atoms with Crippen LogP contribution in [0.2, 0.25) is 0 Å². The lowest BCUT2D eigenvalue weighted by atomic mass is 10.1. The number of anilines is 1. The first kappa shape index (κ1) is 14.3. The fourth-order valence-electron chi connectivity index (χ4n) is 3.52. The molecule has 2 aliphatic rings. The van der Waals surface area contributed by atoms with Crippen molar-refractivity contribution in [1.82, 2.24) is 0 Å². The molecule has 2 heterocycles. The minimum atomic E-state index is -0.370. The van der Waals surface area contributed by atoms with Gasteiger partial charge in [0.05, 0.1) is 16.7 Å². The third kappa shape index (κ3) is 1.73. The molecule has 4 nitrogen and oxygen atoms in total. The molecule has 5 rings (SSSR count). The molecule has 5 heteroatoms. The monoisotopic (exact) mass is 345 g/mol. The normalized spacial score (nSPS) is 14.8. The first-order valence-electron chi connectivity index (χ1n) is 7.83. The van der Waals surface area contributed by atoms with Crippen LogP contribution in [0.1, 0.15) is 42.2 Å². The number of imide groups is 1. The summed E-state index contributed by atoms with van der Waals surface area (Å²) >= 11 is 1.26. The fraction of sp³-hybridized carbons (Fsp3) is 0.0500. The SMILES string of the molecule is Cc1ccc2c(c1)-c1csc(N3C(=O)c4ccccc4C3=O)c1C2=O. The van der Waals surface area contributed by atoms with E-state index < -0.39 is 0 Å². The van der Waals surface area contributed by atoms with Gasteiger partial charge in [-0.15, -0.1) is 11.3 Å². The molecule has 0 N–H and O–H groups in total. The Balaban J connectivity index is 1.69. The minimum absolute atomic E-state index is 0.127. The van der Waals surface area contributed by atoms with E-state index in [0.29, 0.717) is 27.3 Å². The van der Waals surface area contributed by atoms with Crippen molar-refractivity contribution >= 4 is 33.9 Å². The molecule has 0 atom stereocenters. The zero-order chi connectivity index (χ0) is 17.3. The molecule has 120 valence electrons. The number of benzene rings is 2. The van der Waals surface area contributed by atoms with E-state index in [4.69, 9.17) is 0 Å². The van der Waals surface area contributed by atoms with Gasteiger partial charge in [0.15, 0.2) is 5.78 Å². The number of thiophene rings is 1. The van der Waals surface area contributed by atoms with Crippen molar-refractivity contribution in [2.45, 2.75) is 6.92 Å². The highest BCUT2D eigenvalue weighted by Crippen LogP contribution is 2.47. The number of hydrogen-bond donors (Lipinski definition) is 0. The van der Waals surface area contributed by atoms with Crippen molar-refractivity contribution in [1.29, 1.82) is 0 Å².